The van der Waals surface area contributed by atoms with Crippen LogP contribution in [0, 0.1) is 18.5 Å². The molecule has 5 heterocycles. The normalized spacial score (nSPS) is 12.0. The predicted molar refractivity (Wildman–Crippen MR) is 281 cm³/mol. The van der Waals surface area contributed by atoms with Gasteiger partial charge in [0.2, 0.25) is 0 Å². The zero-order valence-corrected chi connectivity index (χ0v) is 41.2. The molecule has 0 spiro atoms. The van der Waals surface area contributed by atoms with Gasteiger partial charge in [0.05, 0.1) is 16.7 Å². The molecule has 9 aromatic carbocycles. The van der Waals surface area contributed by atoms with Crippen LogP contribution in [0.4, 0.5) is 0 Å². The van der Waals surface area contributed by atoms with Crippen LogP contribution in [-0.4, -0.2) is 14.1 Å². The molecule has 71 heavy (non-hydrogen) atoms. The minimum atomic E-state index is -0.0778. The first kappa shape index (κ1) is 42.8. The van der Waals surface area contributed by atoms with E-state index in [1.54, 1.807) is 0 Å². The van der Waals surface area contributed by atoms with Crippen LogP contribution in [0.5, 0.6) is 11.5 Å². The van der Waals surface area contributed by atoms with E-state index in [0.717, 1.165) is 105 Å². The molecule has 0 bridgehead atoms. The Morgan fingerprint density at radius 2 is 1.20 bits per heavy atom. The van der Waals surface area contributed by atoms with E-state index in [2.05, 4.69) is 217 Å². The zero-order chi connectivity index (χ0) is 46.7. The Labute approximate surface area is 424 Å². The van der Waals surface area contributed by atoms with Gasteiger partial charge in [-0.3, -0.25) is 4.57 Å². The van der Waals surface area contributed by atoms with E-state index in [1.807, 2.05) is 36.5 Å². The van der Waals surface area contributed by atoms with E-state index in [9.17, 15) is 0 Å². The molecule has 0 aliphatic carbocycles. The second-order valence-electron chi connectivity index (χ2n) is 19.1. The molecule has 0 unspecified atom stereocenters. The number of imidazole rings is 1. The standard InChI is InChI=1S/C64H42N4O2.Pt/c1-64(2,3)41-34-35-65-59(36-41)68-54-32-33-58-61(53-24-11-12-29-57(53)70-58)60(54)52-31-30-44(38-56(52)68)69-43-19-13-18-42(37-43)66-39-67-62-45(40-16-5-4-6-17-40)25-14-26-50(62)48-22-9-7-20-46(48)47-21-8-10-23-49(47)51-27-15-28-55(66)63(51)67;/h4-36H,1-3H3;/q-2;. The van der Waals surface area contributed by atoms with Crippen LogP contribution in [0.2, 0.25) is 0 Å². The van der Waals surface area contributed by atoms with E-state index in [1.165, 1.54) is 16.7 Å². The Balaban J connectivity index is 0.00000492. The van der Waals surface area contributed by atoms with E-state index in [4.69, 9.17) is 14.1 Å². The van der Waals surface area contributed by atoms with Crippen molar-refractivity contribution in [1.82, 2.24) is 14.1 Å². The molecule has 6 nitrogen and oxygen atoms in total. The van der Waals surface area contributed by atoms with Gasteiger partial charge >= 0.3 is 0 Å². The Kier molecular flexibility index (Phi) is 9.88. The van der Waals surface area contributed by atoms with Crippen molar-refractivity contribution in [2.75, 3.05) is 0 Å². The summed E-state index contributed by atoms with van der Waals surface area (Å²) < 4.78 is 19.8. The fourth-order valence-electron chi connectivity index (χ4n) is 10.7. The van der Waals surface area contributed by atoms with E-state index in [-0.39, 0.29) is 26.5 Å². The fraction of sp³-hybridized carbons (Fsp3) is 0.0625. The Bertz CT molecular complexity index is 4270. The minimum Gasteiger partial charge on any atom is -0.510 e. The summed E-state index contributed by atoms with van der Waals surface area (Å²) in [4.78, 5) is 4.97. The number of hydrogen-bond donors (Lipinski definition) is 0. The number of furan rings is 1. The Morgan fingerprint density at radius 1 is 0.535 bits per heavy atom. The quantitative estimate of drug-likeness (QED) is 0.127. The molecule has 4 aromatic heterocycles. The zero-order valence-electron chi connectivity index (χ0n) is 39.0. The number of para-hydroxylation sites is 3. The summed E-state index contributed by atoms with van der Waals surface area (Å²) in [7, 11) is 0. The van der Waals surface area contributed by atoms with Gasteiger partial charge in [-0.25, -0.2) is 4.98 Å². The summed E-state index contributed by atoms with van der Waals surface area (Å²) in [6.07, 6.45) is 5.79. The third-order valence-electron chi connectivity index (χ3n) is 14.0. The second kappa shape index (κ2) is 16.4. The maximum atomic E-state index is 6.82. The van der Waals surface area contributed by atoms with Gasteiger partial charge < -0.3 is 18.3 Å². The van der Waals surface area contributed by atoms with Gasteiger partial charge in [-0.1, -0.05) is 160 Å². The van der Waals surface area contributed by atoms with Gasteiger partial charge in [-0.05, 0) is 96.9 Å². The molecule has 342 valence electrons. The first-order valence-corrected chi connectivity index (χ1v) is 23.7. The van der Waals surface area contributed by atoms with Crippen molar-refractivity contribution in [1.29, 1.82) is 0 Å². The number of aromatic nitrogens is 4. The van der Waals surface area contributed by atoms with Gasteiger partial charge in [0.25, 0.3) is 6.33 Å². The Hall–Kier alpha value is -8.31. The average Bonchev–Trinajstić information content (AvgIpc) is 4.09. The number of benzene rings is 9. The monoisotopic (exact) mass is 1090 g/mol. The third-order valence-corrected chi connectivity index (χ3v) is 14.0. The van der Waals surface area contributed by atoms with E-state index in [0.29, 0.717) is 11.5 Å². The first-order chi connectivity index (χ1) is 34.4. The van der Waals surface area contributed by atoms with Crippen molar-refractivity contribution in [2.45, 2.75) is 26.2 Å². The molecular weight excluding hydrogens is 1050 g/mol. The van der Waals surface area contributed by atoms with Gasteiger partial charge in [0.15, 0.2) is 0 Å². The number of rotatable bonds is 5. The molecule has 14 rings (SSSR count). The SMILES string of the molecule is CC(C)(C)c1ccnc(-n2c3[c-]c(Oc4[c-]c(-n5[c-][n+]6c7c(cccc75)-c5ccccc5-c5ccccc5-c5cccc(-c7ccccc7)c5-6)ccc4)ccc3c3c4c(ccc32)oc2ccccc24)c1.[Pt]. The molecule has 0 amide bonds. The van der Waals surface area contributed by atoms with Crippen LogP contribution < -0.4 is 9.30 Å². The second-order valence-corrected chi connectivity index (χ2v) is 19.1. The van der Waals surface area contributed by atoms with Gasteiger partial charge in [-0.15, -0.1) is 29.7 Å². The summed E-state index contributed by atoms with van der Waals surface area (Å²) in [5.41, 5.74) is 17.7. The first-order valence-electron chi connectivity index (χ1n) is 23.7. The summed E-state index contributed by atoms with van der Waals surface area (Å²) in [6.45, 7) is 6.68. The number of ether oxygens (including phenoxy) is 1. The van der Waals surface area contributed by atoms with Crippen molar-refractivity contribution in [3.8, 4) is 73.2 Å². The molecule has 0 saturated heterocycles. The molecule has 0 fully saturated rings. The van der Waals surface area contributed by atoms with Crippen molar-refractivity contribution >= 4 is 54.8 Å². The number of nitrogens with zero attached hydrogens (tertiary/aromatic N) is 4. The number of fused-ring (bicyclic) bond motifs is 14. The maximum Gasteiger partial charge on any atom is 0.268 e. The summed E-state index contributed by atoms with van der Waals surface area (Å²) in [6, 6.07) is 75.6. The summed E-state index contributed by atoms with van der Waals surface area (Å²) in [5.74, 6) is 1.92. The molecule has 0 radical (unpaired) electrons. The van der Waals surface area contributed by atoms with Crippen molar-refractivity contribution in [3.63, 3.8) is 0 Å². The number of pyridine rings is 1. The van der Waals surface area contributed by atoms with Crippen LogP contribution in [0.25, 0.3) is 116 Å². The fourth-order valence-corrected chi connectivity index (χ4v) is 10.7. The molecule has 7 heteroatoms. The molecule has 13 aromatic rings. The van der Waals surface area contributed by atoms with Crippen LogP contribution >= 0.6 is 0 Å². The summed E-state index contributed by atoms with van der Waals surface area (Å²) >= 11 is 0. The topological polar surface area (TPSA) is 49.0 Å². The Morgan fingerprint density at radius 3 is 2.00 bits per heavy atom. The molecule has 0 saturated carbocycles. The molecule has 0 N–H and O–H groups in total. The molecule has 1 aliphatic rings. The van der Waals surface area contributed by atoms with Crippen LogP contribution in [0.15, 0.2) is 205 Å². The van der Waals surface area contributed by atoms with E-state index < -0.39 is 0 Å². The van der Waals surface area contributed by atoms with Crippen molar-refractivity contribution in [2.24, 2.45) is 0 Å². The summed E-state index contributed by atoms with van der Waals surface area (Å²) in [5, 5.41) is 4.25. The van der Waals surface area contributed by atoms with E-state index >= 15 is 0 Å². The van der Waals surface area contributed by atoms with Crippen LogP contribution in [0.3, 0.4) is 0 Å². The third kappa shape index (κ3) is 6.73. The molecule has 1 aliphatic heterocycles. The van der Waals surface area contributed by atoms with Crippen molar-refractivity contribution < 1.29 is 34.8 Å². The number of hydrogen-bond acceptors (Lipinski definition) is 3. The molecular formula is C64H42N4O2Pt-2. The van der Waals surface area contributed by atoms with Crippen molar-refractivity contribution in [3.05, 3.63) is 224 Å². The van der Waals surface area contributed by atoms with Crippen LogP contribution in [0.1, 0.15) is 26.3 Å². The minimum absolute atomic E-state index is 0. The van der Waals surface area contributed by atoms with Gasteiger partial charge in [0.1, 0.15) is 17.0 Å². The van der Waals surface area contributed by atoms with Gasteiger partial charge in [0, 0.05) is 55.1 Å². The largest absolute Gasteiger partial charge is 0.510 e. The van der Waals surface area contributed by atoms with Crippen LogP contribution in [-0.2, 0) is 26.5 Å². The van der Waals surface area contributed by atoms with Gasteiger partial charge in [-0.2, -0.15) is 18.2 Å². The molecule has 0 atom stereocenters. The maximum absolute atomic E-state index is 6.82. The average molecular weight is 1090 g/mol. The predicted octanol–water partition coefficient (Wildman–Crippen LogP) is 15.8. The smallest absolute Gasteiger partial charge is 0.268 e.